The number of fused-ring (bicyclic) bond motifs is 1. The number of imide groups is 1. The van der Waals surface area contributed by atoms with Gasteiger partial charge in [-0.25, -0.2) is 9.78 Å². The van der Waals surface area contributed by atoms with Crippen molar-refractivity contribution in [3.63, 3.8) is 0 Å². The third-order valence-electron chi connectivity index (χ3n) is 5.20. The fraction of sp³-hybridized carbons (Fsp3) is 0.688. The Morgan fingerprint density at radius 2 is 2.00 bits per heavy atom. The monoisotopic (exact) mass is 317 g/mol. The first-order valence-electron chi connectivity index (χ1n) is 8.62. The summed E-state index contributed by atoms with van der Waals surface area (Å²) in [5, 5.41) is 2.57. The number of aryl methyl sites for hydroxylation is 2. The van der Waals surface area contributed by atoms with Crippen molar-refractivity contribution in [2.24, 2.45) is 0 Å². The Morgan fingerprint density at radius 3 is 2.78 bits per heavy atom. The molecule has 124 valence electrons. The third-order valence-corrected chi connectivity index (χ3v) is 5.20. The number of nitrogens with zero attached hydrogens (tertiary/aromatic N) is 3. The van der Waals surface area contributed by atoms with E-state index in [4.69, 9.17) is 4.98 Å². The molecule has 0 aromatic carbocycles. The minimum Gasteiger partial charge on any atom is -0.344 e. The molecule has 0 spiro atoms. The maximum atomic E-state index is 11.7. The van der Waals surface area contributed by atoms with Crippen molar-refractivity contribution in [1.29, 1.82) is 0 Å². The molecule has 4 rings (SSSR count). The van der Waals surface area contributed by atoms with E-state index in [-0.39, 0.29) is 18.5 Å². The topological polar surface area (TPSA) is 81.3 Å². The average Bonchev–Trinajstić information content (AvgIpc) is 3.24. The molecule has 0 bridgehead atoms. The van der Waals surface area contributed by atoms with Gasteiger partial charge in [0.2, 0.25) is 5.91 Å². The van der Waals surface area contributed by atoms with Crippen LogP contribution in [-0.2, 0) is 17.6 Å². The van der Waals surface area contributed by atoms with Crippen molar-refractivity contribution < 1.29 is 9.59 Å². The molecular formula is C16H23N5O2. The van der Waals surface area contributed by atoms with E-state index in [9.17, 15) is 9.59 Å². The second-order valence-corrected chi connectivity index (χ2v) is 6.65. The summed E-state index contributed by atoms with van der Waals surface area (Å²) in [5.41, 5.74) is 2.55. The number of carbonyl (C=O) groups is 2. The molecule has 23 heavy (non-hydrogen) atoms. The molecule has 1 aliphatic carbocycles. The first-order valence-corrected chi connectivity index (χ1v) is 8.62. The zero-order chi connectivity index (χ0) is 15.8. The number of aromatic amines is 1. The predicted molar refractivity (Wildman–Crippen MR) is 83.9 cm³/mol. The highest BCUT2D eigenvalue weighted by molar-refractivity contribution is 6.01. The minimum atomic E-state index is -0.265. The summed E-state index contributed by atoms with van der Waals surface area (Å²) < 4.78 is 0. The molecule has 1 aromatic heterocycles. The lowest BCUT2D eigenvalue weighted by Gasteiger charge is -2.24. The molecule has 1 atom stereocenters. The van der Waals surface area contributed by atoms with Crippen LogP contribution in [0.1, 0.15) is 48.9 Å². The van der Waals surface area contributed by atoms with Crippen LogP contribution in [0.3, 0.4) is 0 Å². The molecule has 0 saturated carbocycles. The highest BCUT2D eigenvalue weighted by Crippen LogP contribution is 2.32. The second-order valence-electron chi connectivity index (χ2n) is 6.65. The number of rotatable bonds is 4. The van der Waals surface area contributed by atoms with E-state index in [1.807, 2.05) is 0 Å². The van der Waals surface area contributed by atoms with Gasteiger partial charge in [0.25, 0.3) is 0 Å². The van der Waals surface area contributed by atoms with E-state index < -0.39 is 0 Å². The molecule has 2 saturated heterocycles. The van der Waals surface area contributed by atoms with Crippen LogP contribution in [0.2, 0.25) is 0 Å². The van der Waals surface area contributed by atoms with Gasteiger partial charge >= 0.3 is 6.03 Å². The molecular weight excluding hydrogens is 294 g/mol. The number of likely N-dealkylation sites (tertiary alicyclic amines) is 1. The zero-order valence-electron chi connectivity index (χ0n) is 13.3. The molecule has 2 aliphatic heterocycles. The van der Waals surface area contributed by atoms with E-state index in [1.165, 1.54) is 29.1 Å². The predicted octanol–water partition coefficient (Wildman–Crippen LogP) is 0.977. The molecule has 3 heterocycles. The fourth-order valence-electron chi connectivity index (χ4n) is 3.95. The van der Waals surface area contributed by atoms with Gasteiger partial charge in [-0.3, -0.25) is 14.6 Å². The first-order chi connectivity index (χ1) is 11.2. The van der Waals surface area contributed by atoms with Crippen LogP contribution < -0.4 is 5.32 Å². The van der Waals surface area contributed by atoms with Gasteiger partial charge < -0.3 is 10.3 Å². The Morgan fingerprint density at radius 1 is 1.13 bits per heavy atom. The van der Waals surface area contributed by atoms with Crippen LogP contribution in [0.4, 0.5) is 4.79 Å². The average molecular weight is 317 g/mol. The van der Waals surface area contributed by atoms with Gasteiger partial charge in [-0.05, 0) is 45.1 Å². The summed E-state index contributed by atoms with van der Waals surface area (Å²) in [4.78, 5) is 35.4. The summed E-state index contributed by atoms with van der Waals surface area (Å²) >= 11 is 0. The van der Waals surface area contributed by atoms with E-state index in [1.54, 1.807) is 0 Å². The van der Waals surface area contributed by atoms with Crippen LogP contribution in [0.15, 0.2) is 0 Å². The number of amides is 3. The number of imidazole rings is 1. The third kappa shape index (κ3) is 2.73. The van der Waals surface area contributed by atoms with Crippen molar-refractivity contribution in [3.05, 3.63) is 17.2 Å². The smallest absolute Gasteiger partial charge is 0.324 e. The van der Waals surface area contributed by atoms with Crippen molar-refractivity contribution in [2.45, 2.75) is 44.6 Å². The summed E-state index contributed by atoms with van der Waals surface area (Å²) in [5.74, 6) is 0.950. The van der Waals surface area contributed by atoms with Crippen LogP contribution >= 0.6 is 0 Å². The van der Waals surface area contributed by atoms with Crippen molar-refractivity contribution >= 4 is 11.9 Å². The number of nitrogens with one attached hydrogen (secondary N) is 2. The molecule has 0 unspecified atom stereocenters. The van der Waals surface area contributed by atoms with Gasteiger partial charge in [0.05, 0.1) is 18.3 Å². The molecule has 3 amide bonds. The van der Waals surface area contributed by atoms with E-state index in [0.717, 1.165) is 44.6 Å². The van der Waals surface area contributed by atoms with E-state index in [2.05, 4.69) is 15.2 Å². The number of urea groups is 1. The number of carbonyl (C=O) groups excluding carboxylic acids is 2. The SMILES string of the molecule is O=C1CNC(=O)N1CCN1CCC[C@H]1c1nc2c([nH]1)CCCC2. The molecule has 2 N–H and O–H groups in total. The standard InChI is InChI=1S/C16H23N5O2/c22-14-10-17-16(23)21(14)9-8-20-7-3-6-13(20)15-18-11-4-1-2-5-12(11)19-15/h13H,1-10H2,(H,17,23)(H,18,19)/t13-/m0/s1. The lowest BCUT2D eigenvalue weighted by atomic mass is 10.0. The summed E-state index contributed by atoms with van der Waals surface area (Å²) in [6, 6.07) is 0.0283. The first kappa shape index (κ1) is 14.7. The summed E-state index contributed by atoms with van der Waals surface area (Å²) in [6.07, 6.45) is 6.90. The van der Waals surface area contributed by atoms with Crippen molar-refractivity contribution in [2.75, 3.05) is 26.2 Å². The largest absolute Gasteiger partial charge is 0.344 e. The van der Waals surface area contributed by atoms with Crippen LogP contribution in [0.25, 0.3) is 0 Å². The number of H-pyrrole nitrogens is 1. The van der Waals surface area contributed by atoms with Gasteiger partial charge in [0, 0.05) is 18.8 Å². The van der Waals surface area contributed by atoms with Gasteiger partial charge in [0.1, 0.15) is 5.82 Å². The normalized spacial score (nSPS) is 25.0. The second kappa shape index (κ2) is 5.96. The summed E-state index contributed by atoms with van der Waals surface area (Å²) in [7, 11) is 0. The van der Waals surface area contributed by atoms with Gasteiger partial charge in [-0.1, -0.05) is 0 Å². The van der Waals surface area contributed by atoms with Gasteiger partial charge in [-0.15, -0.1) is 0 Å². The highest BCUT2D eigenvalue weighted by Gasteiger charge is 2.33. The molecule has 1 aromatic rings. The molecule has 7 nitrogen and oxygen atoms in total. The maximum absolute atomic E-state index is 11.7. The Bertz CT molecular complexity index is 586. The Balaban J connectivity index is 1.43. The van der Waals surface area contributed by atoms with Crippen LogP contribution in [-0.4, -0.2) is 57.9 Å². The van der Waals surface area contributed by atoms with Crippen molar-refractivity contribution in [1.82, 2.24) is 25.1 Å². The Kier molecular flexibility index (Phi) is 3.80. The Hall–Kier alpha value is -1.89. The number of hydrogen-bond acceptors (Lipinski definition) is 4. The van der Waals surface area contributed by atoms with E-state index in [0.29, 0.717) is 12.6 Å². The molecule has 2 fully saturated rings. The minimum absolute atomic E-state index is 0.126. The molecule has 7 heteroatoms. The molecule has 0 radical (unpaired) electrons. The van der Waals surface area contributed by atoms with Crippen LogP contribution in [0, 0.1) is 0 Å². The lowest BCUT2D eigenvalue weighted by Crippen LogP contribution is -2.38. The quantitative estimate of drug-likeness (QED) is 0.811. The summed E-state index contributed by atoms with van der Waals surface area (Å²) in [6.45, 7) is 2.31. The highest BCUT2D eigenvalue weighted by atomic mass is 16.2. The van der Waals surface area contributed by atoms with Gasteiger partial charge in [0.15, 0.2) is 0 Å². The van der Waals surface area contributed by atoms with Crippen molar-refractivity contribution in [3.8, 4) is 0 Å². The van der Waals surface area contributed by atoms with Gasteiger partial charge in [-0.2, -0.15) is 0 Å². The fourth-order valence-corrected chi connectivity index (χ4v) is 3.95. The maximum Gasteiger partial charge on any atom is 0.324 e. The zero-order valence-corrected chi connectivity index (χ0v) is 13.3. The number of hydrogen-bond donors (Lipinski definition) is 2. The molecule has 3 aliphatic rings. The van der Waals surface area contributed by atoms with E-state index >= 15 is 0 Å². The Labute approximate surface area is 135 Å². The van der Waals surface area contributed by atoms with Crippen LogP contribution in [0.5, 0.6) is 0 Å². The number of aromatic nitrogens is 2. The lowest BCUT2D eigenvalue weighted by molar-refractivity contribution is -0.125.